The van der Waals surface area contributed by atoms with Gasteiger partial charge in [-0.3, -0.25) is 4.79 Å². The fourth-order valence-corrected chi connectivity index (χ4v) is 1.94. The Balaban J connectivity index is 1.67. The minimum absolute atomic E-state index is 0.226. The number of halogens is 2. The Labute approximate surface area is 136 Å². The lowest BCUT2D eigenvalue weighted by Crippen LogP contribution is -2.13. The quantitative estimate of drug-likeness (QED) is 0.766. The number of carbonyl (C=O) groups excluding carboxylic acids is 1. The molecule has 0 bridgehead atoms. The van der Waals surface area contributed by atoms with Gasteiger partial charge in [-0.2, -0.15) is 0 Å². The van der Waals surface area contributed by atoms with Crippen LogP contribution in [-0.4, -0.2) is 15.9 Å². The molecule has 0 aliphatic rings. The van der Waals surface area contributed by atoms with E-state index in [1.165, 1.54) is 42.7 Å². The number of nitrogens with zero attached hydrogens (tertiary/aromatic N) is 2. The molecule has 24 heavy (non-hydrogen) atoms. The molecular weight excluding hydrogens is 314 g/mol. The maximum absolute atomic E-state index is 13.1. The van der Waals surface area contributed by atoms with Crippen LogP contribution in [0.3, 0.4) is 0 Å². The molecule has 0 radical (unpaired) electrons. The average Bonchev–Trinajstić information content (AvgIpc) is 2.57. The van der Waals surface area contributed by atoms with Crippen LogP contribution in [0.5, 0.6) is 0 Å². The van der Waals surface area contributed by atoms with Crippen LogP contribution in [-0.2, 0) is 0 Å². The molecule has 0 atom stereocenters. The number of amides is 1. The van der Waals surface area contributed by atoms with Crippen LogP contribution in [0.2, 0.25) is 0 Å². The first kappa shape index (κ1) is 15.5. The Morgan fingerprint density at radius 3 is 2.25 bits per heavy atom. The van der Waals surface area contributed by atoms with E-state index >= 15 is 0 Å². The molecule has 0 aliphatic carbocycles. The second kappa shape index (κ2) is 6.82. The molecule has 5 nitrogen and oxygen atoms in total. The van der Waals surface area contributed by atoms with Gasteiger partial charge in [0.25, 0.3) is 5.91 Å². The Morgan fingerprint density at radius 1 is 0.875 bits per heavy atom. The van der Waals surface area contributed by atoms with Crippen molar-refractivity contribution < 1.29 is 13.6 Å². The van der Waals surface area contributed by atoms with Gasteiger partial charge in [-0.1, -0.05) is 6.07 Å². The summed E-state index contributed by atoms with van der Waals surface area (Å²) in [7, 11) is 0. The minimum atomic E-state index is -0.450. The zero-order chi connectivity index (χ0) is 16.9. The molecule has 1 heterocycles. The Hall–Kier alpha value is -3.35. The van der Waals surface area contributed by atoms with Crippen LogP contribution in [0, 0.1) is 11.6 Å². The van der Waals surface area contributed by atoms with Gasteiger partial charge in [0.2, 0.25) is 5.95 Å². The maximum atomic E-state index is 13.1. The first-order valence-corrected chi connectivity index (χ1v) is 7.02. The normalized spacial score (nSPS) is 10.2. The number of hydrogen-bond donors (Lipinski definition) is 2. The summed E-state index contributed by atoms with van der Waals surface area (Å²) in [5.41, 5.74) is 1.19. The third-order valence-electron chi connectivity index (χ3n) is 3.10. The molecule has 1 amide bonds. The fourth-order valence-electron chi connectivity index (χ4n) is 1.94. The van der Waals surface area contributed by atoms with E-state index in [2.05, 4.69) is 20.6 Å². The van der Waals surface area contributed by atoms with Gasteiger partial charge in [-0.15, -0.1) is 0 Å². The first-order valence-electron chi connectivity index (χ1n) is 7.02. The number of aromatic nitrogens is 2. The van der Waals surface area contributed by atoms with Crippen LogP contribution < -0.4 is 10.6 Å². The van der Waals surface area contributed by atoms with Crippen molar-refractivity contribution in [1.82, 2.24) is 9.97 Å². The van der Waals surface area contributed by atoms with Gasteiger partial charge in [0, 0.05) is 23.8 Å². The van der Waals surface area contributed by atoms with E-state index in [0.29, 0.717) is 11.4 Å². The van der Waals surface area contributed by atoms with Crippen molar-refractivity contribution in [1.29, 1.82) is 0 Å². The van der Waals surface area contributed by atoms with Crippen molar-refractivity contribution in [2.45, 2.75) is 0 Å². The summed E-state index contributed by atoms with van der Waals surface area (Å²) < 4.78 is 25.9. The standard InChI is InChI=1S/C17H12F2N4O/c18-12-4-6-14(7-5-12)23-17-20-9-11(10-21-17)16(24)22-15-3-1-2-13(19)8-15/h1-10H,(H,22,24)(H,20,21,23). The molecular formula is C17H12F2N4O. The molecule has 1 aromatic heterocycles. The van der Waals surface area contributed by atoms with Crippen LogP contribution >= 0.6 is 0 Å². The predicted molar refractivity (Wildman–Crippen MR) is 86.1 cm³/mol. The molecule has 3 aromatic rings. The van der Waals surface area contributed by atoms with Crippen LogP contribution in [0.4, 0.5) is 26.1 Å². The van der Waals surface area contributed by atoms with E-state index in [1.54, 1.807) is 18.2 Å². The Bertz CT molecular complexity index is 851. The third-order valence-corrected chi connectivity index (χ3v) is 3.10. The number of anilines is 3. The van der Waals surface area contributed by atoms with E-state index in [0.717, 1.165) is 0 Å². The SMILES string of the molecule is O=C(Nc1cccc(F)c1)c1cnc(Nc2ccc(F)cc2)nc1. The number of benzene rings is 2. The van der Waals surface area contributed by atoms with Crippen LogP contribution in [0.15, 0.2) is 60.9 Å². The summed E-state index contributed by atoms with van der Waals surface area (Å²) in [6, 6.07) is 11.3. The Morgan fingerprint density at radius 2 is 1.58 bits per heavy atom. The highest BCUT2D eigenvalue weighted by Crippen LogP contribution is 2.14. The van der Waals surface area contributed by atoms with Crippen molar-refractivity contribution in [3.63, 3.8) is 0 Å². The second-order valence-corrected chi connectivity index (χ2v) is 4.89. The summed E-state index contributed by atoms with van der Waals surface area (Å²) in [6.45, 7) is 0. The average molecular weight is 326 g/mol. The molecule has 0 unspecified atom stereocenters. The highest BCUT2D eigenvalue weighted by atomic mass is 19.1. The summed E-state index contributed by atoms with van der Waals surface area (Å²) in [5.74, 6) is -0.966. The van der Waals surface area contributed by atoms with Crippen molar-refractivity contribution >= 4 is 23.2 Å². The van der Waals surface area contributed by atoms with E-state index in [9.17, 15) is 13.6 Å². The van der Waals surface area contributed by atoms with Gasteiger partial charge in [-0.25, -0.2) is 18.7 Å². The largest absolute Gasteiger partial charge is 0.324 e. The lowest BCUT2D eigenvalue weighted by Gasteiger charge is -2.07. The fraction of sp³-hybridized carbons (Fsp3) is 0. The smallest absolute Gasteiger partial charge is 0.258 e. The lowest BCUT2D eigenvalue weighted by atomic mass is 10.2. The van der Waals surface area contributed by atoms with Gasteiger partial charge in [0.15, 0.2) is 0 Å². The summed E-state index contributed by atoms with van der Waals surface area (Å²) in [5, 5.41) is 5.44. The summed E-state index contributed by atoms with van der Waals surface area (Å²) in [6.07, 6.45) is 2.68. The zero-order valence-electron chi connectivity index (χ0n) is 12.3. The predicted octanol–water partition coefficient (Wildman–Crippen LogP) is 3.75. The summed E-state index contributed by atoms with van der Waals surface area (Å²) >= 11 is 0. The van der Waals surface area contributed by atoms with Gasteiger partial charge in [0.05, 0.1) is 5.56 Å². The zero-order valence-corrected chi connectivity index (χ0v) is 12.3. The number of carbonyl (C=O) groups is 1. The molecule has 2 N–H and O–H groups in total. The molecule has 120 valence electrons. The molecule has 0 saturated carbocycles. The van der Waals surface area contributed by atoms with Crippen molar-refractivity contribution in [3.8, 4) is 0 Å². The van der Waals surface area contributed by atoms with Crippen LogP contribution in [0.25, 0.3) is 0 Å². The van der Waals surface area contributed by atoms with E-state index in [-0.39, 0.29) is 17.3 Å². The van der Waals surface area contributed by atoms with Crippen LogP contribution in [0.1, 0.15) is 10.4 Å². The number of nitrogens with one attached hydrogen (secondary N) is 2. The molecule has 7 heteroatoms. The molecule has 0 saturated heterocycles. The maximum Gasteiger partial charge on any atom is 0.258 e. The highest BCUT2D eigenvalue weighted by molar-refractivity contribution is 6.03. The minimum Gasteiger partial charge on any atom is -0.324 e. The van der Waals surface area contributed by atoms with Gasteiger partial charge in [-0.05, 0) is 42.5 Å². The van der Waals surface area contributed by atoms with E-state index in [4.69, 9.17) is 0 Å². The number of hydrogen-bond acceptors (Lipinski definition) is 4. The van der Waals surface area contributed by atoms with Gasteiger partial charge < -0.3 is 10.6 Å². The van der Waals surface area contributed by atoms with E-state index in [1.807, 2.05) is 0 Å². The molecule has 0 fully saturated rings. The molecule has 0 spiro atoms. The van der Waals surface area contributed by atoms with E-state index < -0.39 is 11.7 Å². The van der Waals surface area contributed by atoms with Crippen molar-refractivity contribution in [2.24, 2.45) is 0 Å². The Kier molecular flexibility index (Phi) is 4.42. The molecule has 3 rings (SSSR count). The monoisotopic (exact) mass is 326 g/mol. The van der Waals surface area contributed by atoms with Gasteiger partial charge >= 0.3 is 0 Å². The lowest BCUT2D eigenvalue weighted by molar-refractivity contribution is 0.102. The topological polar surface area (TPSA) is 66.9 Å². The second-order valence-electron chi connectivity index (χ2n) is 4.89. The van der Waals surface area contributed by atoms with Crippen molar-refractivity contribution in [2.75, 3.05) is 10.6 Å². The molecule has 2 aromatic carbocycles. The third kappa shape index (κ3) is 3.89. The summed E-state index contributed by atoms with van der Waals surface area (Å²) in [4.78, 5) is 20.1. The highest BCUT2D eigenvalue weighted by Gasteiger charge is 2.08. The first-order chi connectivity index (χ1) is 11.6. The van der Waals surface area contributed by atoms with Crippen molar-refractivity contribution in [3.05, 3.63) is 78.1 Å². The number of rotatable bonds is 4. The van der Waals surface area contributed by atoms with Gasteiger partial charge in [0.1, 0.15) is 11.6 Å². The molecule has 0 aliphatic heterocycles.